The Morgan fingerprint density at radius 2 is 1.70 bits per heavy atom. The number of hydrogen-bond donors (Lipinski definition) is 3. The molecule has 0 aromatic heterocycles. The van der Waals surface area contributed by atoms with E-state index in [2.05, 4.69) is 5.32 Å². The maximum Gasteiger partial charge on any atom is 0.307 e. The van der Waals surface area contributed by atoms with E-state index in [-0.39, 0.29) is 12.5 Å². The van der Waals surface area contributed by atoms with Crippen molar-refractivity contribution in [3.8, 4) is 0 Å². The standard InChI is InChI=1S/C15H27NO4/c1-4-10-7-11(12(8-10)14(19)20)13(18)16-15(5-2,6-3)9-17/h10-12,17H,4-9H2,1-3H3,(H,16,18)(H,19,20). The van der Waals surface area contributed by atoms with E-state index in [9.17, 15) is 19.8 Å². The number of carbonyl (C=O) groups excluding carboxylic acids is 1. The van der Waals surface area contributed by atoms with Crippen LogP contribution in [-0.2, 0) is 9.59 Å². The number of hydrogen-bond acceptors (Lipinski definition) is 3. The Morgan fingerprint density at radius 3 is 2.10 bits per heavy atom. The van der Waals surface area contributed by atoms with Gasteiger partial charge in [-0.1, -0.05) is 27.2 Å². The Morgan fingerprint density at radius 1 is 1.15 bits per heavy atom. The monoisotopic (exact) mass is 285 g/mol. The van der Waals surface area contributed by atoms with E-state index >= 15 is 0 Å². The van der Waals surface area contributed by atoms with E-state index in [1.54, 1.807) is 0 Å². The van der Waals surface area contributed by atoms with E-state index < -0.39 is 23.3 Å². The number of carboxylic acid groups (broad SMARTS) is 1. The van der Waals surface area contributed by atoms with Crippen molar-refractivity contribution in [1.29, 1.82) is 0 Å². The van der Waals surface area contributed by atoms with Gasteiger partial charge in [0.15, 0.2) is 0 Å². The molecule has 0 radical (unpaired) electrons. The van der Waals surface area contributed by atoms with Crippen molar-refractivity contribution in [2.45, 2.75) is 58.4 Å². The molecule has 0 heterocycles. The number of nitrogens with one attached hydrogen (secondary N) is 1. The second-order valence-corrected chi connectivity index (χ2v) is 5.93. The molecule has 3 unspecified atom stereocenters. The van der Waals surface area contributed by atoms with Gasteiger partial charge in [-0.25, -0.2) is 0 Å². The summed E-state index contributed by atoms with van der Waals surface area (Å²) in [6.07, 6.45) is 3.38. The summed E-state index contributed by atoms with van der Waals surface area (Å²) in [6, 6.07) is 0. The van der Waals surface area contributed by atoms with E-state index in [1.807, 2.05) is 20.8 Å². The zero-order valence-electron chi connectivity index (χ0n) is 12.7. The van der Waals surface area contributed by atoms with Gasteiger partial charge >= 0.3 is 5.97 Å². The van der Waals surface area contributed by atoms with Crippen molar-refractivity contribution in [2.24, 2.45) is 17.8 Å². The van der Waals surface area contributed by atoms with Crippen LogP contribution < -0.4 is 5.32 Å². The number of aliphatic hydroxyl groups is 1. The molecule has 0 bridgehead atoms. The van der Waals surface area contributed by atoms with Gasteiger partial charge in [0.25, 0.3) is 0 Å². The van der Waals surface area contributed by atoms with Crippen LogP contribution in [-0.4, -0.2) is 34.2 Å². The molecule has 0 aromatic carbocycles. The van der Waals surface area contributed by atoms with E-state index in [4.69, 9.17) is 0 Å². The molecule has 1 rings (SSSR count). The van der Waals surface area contributed by atoms with Crippen molar-refractivity contribution in [3.63, 3.8) is 0 Å². The fourth-order valence-electron chi connectivity index (χ4n) is 3.08. The molecule has 5 nitrogen and oxygen atoms in total. The lowest BCUT2D eigenvalue weighted by Gasteiger charge is -2.32. The molecule has 1 aliphatic carbocycles. The third kappa shape index (κ3) is 3.51. The molecule has 3 atom stereocenters. The Labute approximate surface area is 120 Å². The van der Waals surface area contributed by atoms with E-state index in [0.717, 1.165) is 6.42 Å². The van der Waals surface area contributed by atoms with Gasteiger partial charge in [0.05, 0.1) is 24.0 Å². The molecule has 0 spiro atoms. The summed E-state index contributed by atoms with van der Waals surface area (Å²) in [5, 5.41) is 21.7. The second-order valence-electron chi connectivity index (χ2n) is 5.93. The first-order chi connectivity index (χ1) is 9.42. The normalized spacial score (nSPS) is 26.5. The second kappa shape index (κ2) is 7.07. The molecule has 1 aliphatic rings. The lowest BCUT2D eigenvalue weighted by Crippen LogP contribution is -2.53. The van der Waals surface area contributed by atoms with Crippen molar-refractivity contribution in [1.82, 2.24) is 5.32 Å². The summed E-state index contributed by atoms with van der Waals surface area (Å²) in [7, 11) is 0. The van der Waals surface area contributed by atoms with Crippen LogP contribution in [0.25, 0.3) is 0 Å². The Balaban J connectivity index is 2.81. The summed E-state index contributed by atoms with van der Waals surface area (Å²) in [5.41, 5.74) is -0.621. The van der Waals surface area contributed by atoms with Gasteiger partial charge in [-0.15, -0.1) is 0 Å². The number of carboxylic acids is 1. The van der Waals surface area contributed by atoms with Crippen LogP contribution in [0.5, 0.6) is 0 Å². The first-order valence-corrected chi connectivity index (χ1v) is 7.58. The maximum atomic E-state index is 12.4. The highest BCUT2D eigenvalue weighted by atomic mass is 16.4. The average molecular weight is 285 g/mol. The van der Waals surface area contributed by atoms with Crippen molar-refractivity contribution >= 4 is 11.9 Å². The van der Waals surface area contributed by atoms with Crippen LogP contribution in [0.15, 0.2) is 0 Å². The highest BCUT2D eigenvalue weighted by Crippen LogP contribution is 2.38. The third-order valence-electron chi connectivity index (χ3n) is 4.94. The molecule has 5 heteroatoms. The van der Waals surface area contributed by atoms with Gasteiger partial charge in [0, 0.05) is 0 Å². The molecule has 1 amide bonds. The molecule has 0 aromatic rings. The fraction of sp³-hybridized carbons (Fsp3) is 0.867. The van der Waals surface area contributed by atoms with Gasteiger partial charge in [-0.2, -0.15) is 0 Å². The zero-order chi connectivity index (χ0) is 15.3. The van der Waals surface area contributed by atoms with Gasteiger partial charge in [0.1, 0.15) is 0 Å². The van der Waals surface area contributed by atoms with Crippen LogP contribution >= 0.6 is 0 Å². The summed E-state index contributed by atoms with van der Waals surface area (Å²) < 4.78 is 0. The molecule has 20 heavy (non-hydrogen) atoms. The van der Waals surface area contributed by atoms with Crippen LogP contribution in [0.2, 0.25) is 0 Å². The van der Waals surface area contributed by atoms with Crippen LogP contribution in [0.3, 0.4) is 0 Å². The predicted octanol–water partition coefficient (Wildman–Crippen LogP) is 1.79. The quantitative estimate of drug-likeness (QED) is 0.665. The Hall–Kier alpha value is -1.10. The molecule has 1 saturated carbocycles. The van der Waals surface area contributed by atoms with Crippen molar-refractivity contribution in [2.75, 3.05) is 6.61 Å². The van der Waals surface area contributed by atoms with E-state index in [1.165, 1.54) is 0 Å². The van der Waals surface area contributed by atoms with Crippen LogP contribution in [0.4, 0.5) is 0 Å². The summed E-state index contributed by atoms with van der Waals surface area (Å²) in [4.78, 5) is 23.8. The molecule has 3 N–H and O–H groups in total. The van der Waals surface area contributed by atoms with Crippen LogP contribution in [0.1, 0.15) is 52.9 Å². The van der Waals surface area contributed by atoms with Gasteiger partial charge in [-0.05, 0) is 31.6 Å². The first kappa shape index (κ1) is 17.0. The van der Waals surface area contributed by atoms with E-state index in [0.29, 0.717) is 31.6 Å². The molecular weight excluding hydrogens is 258 g/mol. The number of rotatable bonds is 7. The summed E-state index contributed by atoms with van der Waals surface area (Å²) in [5.74, 6) is -1.86. The molecule has 0 aliphatic heterocycles. The van der Waals surface area contributed by atoms with Gasteiger partial charge < -0.3 is 15.5 Å². The topological polar surface area (TPSA) is 86.6 Å². The lowest BCUT2D eigenvalue weighted by molar-refractivity contribution is -0.146. The molecule has 0 saturated heterocycles. The third-order valence-corrected chi connectivity index (χ3v) is 4.94. The van der Waals surface area contributed by atoms with Crippen LogP contribution in [0, 0.1) is 17.8 Å². The SMILES string of the molecule is CCC1CC(C(=O)O)C(C(=O)NC(CC)(CC)CO)C1. The van der Waals surface area contributed by atoms with Gasteiger partial charge in [-0.3, -0.25) is 9.59 Å². The number of aliphatic hydroxyl groups excluding tert-OH is 1. The first-order valence-electron chi connectivity index (χ1n) is 7.58. The minimum atomic E-state index is -0.885. The number of amides is 1. The van der Waals surface area contributed by atoms with Gasteiger partial charge in [0.2, 0.25) is 5.91 Å². The van der Waals surface area contributed by atoms with Crippen molar-refractivity contribution < 1.29 is 19.8 Å². The maximum absolute atomic E-state index is 12.4. The fourth-order valence-corrected chi connectivity index (χ4v) is 3.08. The molecule has 1 fully saturated rings. The summed E-state index contributed by atoms with van der Waals surface area (Å²) >= 11 is 0. The minimum Gasteiger partial charge on any atom is -0.481 e. The number of carbonyl (C=O) groups is 2. The smallest absolute Gasteiger partial charge is 0.307 e. The molecular formula is C15H27NO4. The Kier molecular flexibility index (Phi) is 5.99. The summed E-state index contributed by atoms with van der Waals surface area (Å²) in [6.45, 7) is 5.74. The highest BCUT2D eigenvalue weighted by Gasteiger charge is 2.43. The Bertz CT molecular complexity index is 344. The largest absolute Gasteiger partial charge is 0.481 e. The molecule has 116 valence electrons. The zero-order valence-corrected chi connectivity index (χ0v) is 12.7. The average Bonchev–Trinajstić information content (AvgIpc) is 2.89. The van der Waals surface area contributed by atoms with Crippen molar-refractivity contribution in [3.05, 3.63) is 0 Å². The lowest BCUT2D eigenvalue weighted by atomic mass is 9.90. The number of aliphatic carboxylic acids is 1. The minimum absolute atomic E-state index is 0.118. The highest BCUT2D eigenvalue weighted by molar-refractivity contribution is 5.85. The predicted molar refractivity (Wildman–Crippen MR) is 76.2 cm³/mol.